The summed E-state index contributed by atoms with van der Waals surface area (Å²) in [5, 5.41) is 3.74. The molecule has 1 N–H and O–H groups in total. The van der Waals surface area contributed by atoms with Gasteiger partial charge in [0.25, 0.3) is 0 Å². The predicted octanol–water partition coefficient (Wildman–Crippen LogP) is 3.35. The van der Waals surface area contributed by atoms with Crippen molar-refractivity contribution in [2.45, 2.75) is 65.4 Å². The van der Waals surface area contributed by atoms with E-state index < -0.39 is 5.60 Å². The van der Waals surface area contributed by atoms with E-state index in [0.717, 1.165) is 44.9 Å². The highest BCUT2D eigenvalue weighted by atomic mass is 16.6. The molecular weight excluding hydrogens is 314 g/mol. The first-order valence-electron chi connectivity index (χ1n) is 10.1. The Labute approximate surface area is 154 Å². The zero-order valence-electron chi connectivity index (χ0n) is 17.1. The highest BCUT2D eigenvalue weighted by Crippen LogP contribution is 2.33. The molecule has 0 radical (unpaired) electrons. The molecule has 0 aromatic heterocycles. The van der Waals surface area contributed by atoms with Gasteiger partial charge in [0.2, 0.25) is 0 Å². The SMILES string of the molecule is CCC1(CNCC2CCCN(C)C2)CCCN(C(=O)OC(C)(C)C)C1. The number of hydrogen-bond acceptors (Lipinski definition) is 4. The lowest BCUT2D eigenvalue weighted by atomic mass is 9.77. The monoisotopic (exact) mass is 353 g/mol. The normalized spacial score (nSPS) is 28.8. The summed E-state index contributed by atoms with van der Waals surface area (Å²) in [7, 11) is 2.22. The number of nitrogens with zero attached hydrogens (tertiary/aromatic N) is 2. The zero-order valence-corrected chi connectivity index (χ0v) is 17.1. The molecule has 0 aliphatic carbocycles. The van der Waals surface area contributed by atoms with Crippen LogP contribution in [0.5, 0.6) is 0 Å². The van der Waals surface area contributed by atoms with E-state index in [0.29, 0.717) is 0 Å². The van der Waals surface area contributed by atoms with Crippen LogP contribution in [0.2, 0.25) is 0 Å². The molecular formula is C20H39N3O2. The van der Waals surface area contributed by atoms with Crippen LogP contribution in [0.3, 0.4) is 0 Å². The first kappa shape index (κ1) is 20.5. The topological polar surface area (TPSA) is 44.8 Å². The second-order valence-electron chi connectivity index (χ2n) is 9.26. The van der Waals surface area contributed by atoms with E-state index in [4.69, 9.17) is 4.74 Å². The number of rotatable bonds is 5. The maximum Gasteiger partial charge on any atom is 0.410 e. The van der Waals surface area contributed by atoms with Crippen molar-refractivity contribution in [3.63, 3.8) is 0 Å². The summed E-state index contributed by atoms with van der Waals surface area (Å²) in [6, 6.07) is 0. The highest BCUT2D eigenvalue weighted by molar-refractivity contribution is 5.68. The molecule has 0 aromatic rings. The summed E-state index contributed by atoms with van der Waals surface area (Å²) in [6.07, 6.45) is 5.86. The van der Waals surface area contributed by atoms with E-state index in [2.05, 4.69) is 24.2 Å². The van der Waals surface area contributed by atoms with Gasteiger partial charge in [-0.2, -0.15) is 0 Å². The molecule has 2 saturated heterocycles. The second kappa shape index (κ2) is 8.72. The molecule has 146 valence electrons. The van der Waals surface area contributed by atoms with Crippen molar-refractivity contribution in [2.75, 3.05) is 46.3 Å². The average molecular weight is 354 g/mol. The number of piperidine rings is 2. The quantitative estimate of drug-likeness (QED) is 0.823. The van der Waals surface area contributed by atoms with Gasteiger partial charge in [0.1, 0.15) is 5.60 Å². The van der Waals surface area contributed by atoms with Crippen LogP contribution >= 0.6 is 0 Å². The van der Waals surface area contributed by atoms with Gasteiger partial charge in [-0.25, -0.2) is 4.79 Å². The van der Waals surface area contributed by atoms with Crippen LogP contribution in [0.15, 0.2) is 0 Å². The number of hydrogen-bond donors (Lipinski definition) is 1. The minimum absolute atomic E-state index is 0.154. The predicted molar refractivity (Wildman–Crippen MR) is 103 cm³/mol. The van der Waals surface area contributed by atoms with E-state index in [9.17, 15) is 4.79 Å². The minimum atomic E-state index is -0.422. The summed E-state index contributed by atoms with van der Waals surface area (Å²) < 4.78 is 5.59. The molecule has 2 aliphatic rings. The summed E-state index contributed by atoms with van der Waals surface area (Å²) in [5.41, 5.74) is -0.232. The Balaban J connectivity index is 1.84. The lowest BCUT2D eigenvalue weighted by Crippen LogP contribution is -2.51. The molecule has 2 aliphatic heterocycles. The molecule has 2 heterocycles. The largest absolute Gasteiger partial charge is 0.444 e. The molecule has 0 aromatic carbocycles. The third-order valence-corrected chi connectivity index (χ3v) is 5.72. The van der Waals surface area contributed by atoms with Crippen molar-refractivity contribution in [3.05, 3.63) is 0 Å². The fourth-order valence-electron chi connectivity index (χ4n) is 4.23. The van der Waals surface area contributed by atoms with Crippen molar-refractivity contribution in [1.82, 2.24) is 15.1 Å². The first-order valence-corrected chi connectivity index (χ1v) is 10.1. The summed E-state index contributed by atoms with van der Waals surface area (Å²) in [6.45, 7) is 14.2. The van der Waals surface area contributed by atoms with Crippen molar-refractivity contribution in [3.8, 4) is 0 Å². The molecule has 2 rings (SSSR count). The van der Waals surface area contributed by atoms with E-state index in [-0.39, 0.29) is 11.5 Å². The third-order valence-electron chi connectivity index (χ3n) is 5.72. The number of carbonyl (C=O) groups is 1. The lowest BCUT2D eigenvalue weighted by Gasteiger charge is -2.43. The average Bonchev–Trinajstić information content (AvgIpc) is 2.53. The molecule has 5 heteroatoms. The number of carbonyl (C=O) groups excluding carboxylic acids is 1. The Morgan fingerprint density at radius 2 is 2.04 bits per heavy atom. The molecule has 0 bridgehead atoms. The van der Waals surface area contributed by atoms with E-state index in [1.54, 1.807) is 0 Å². The molecule has 2 atom stereocenters. The number of ether oxygens (including phenoxy) is 1. The Morgan fingerprint density at radius 1 is 1.28 bits per heavy atom. The first-order chi connectivity index (χ1) is 11.7. The van der Waals surface area contributed by atoms with Gasteiger partial charge >= 0.3 is 6.09 Å². The van der Waals surface area contributed by atoms with Gasteiger partial charge in [-0.05, 0) is 78.9 Å². The standard InChI is InChI=1S/C20H39N3O2/c1-6-20(15-21-13-17-9-7-11-22(5)14-17)10-8-12-23(16-20)18(24)25-19(2,3)4/h17,21H,6-16H2,1-5H3. The molecule has 0 saturated carbocycles. The Hall–Kier alpha value is -0.810. The van der Waals surface area contributed by atoms with Crippen LogP contribution < -0.4 is 5.32 Å². The van der Waals surface area contributed by atoms with Gasteiger partial charge in [-0.1, -0.05) is 6.92 Å². The summed E-state index contributed by atoms with van der Waals surface area (Å²) >= 11 is 0. The van der Waals surface area contributed by atoms with Crippen molar-refractivity contribution < 1.29 is 9.53 Å². The van der Waals surface area contributed by atoms with E-state index in [1.165, 1.54) is 32.4 Å². The number of amides is 1. The minimum Gasteiger partial charge on any atom is -0.444 e. The molecule has 5 nitrogen and oxygen atoms in total. The van der Waals surface area contributed by atoms with Gasteiger partial charge in [0.05, 0.1) is 0 Å². The van der Waals surface area contributed by atoms with Crippen LogP contribution in [0.4, 0.5) is 4.79 Å². The van der Waals surface area contributed by atoms with Crippen LogP contribution in [0.25, 0.3) is 0 Å². The maximum absolute atomic E-state index is 12.5. The van der Waals surface area contributed by atoms with Crippen LogP contribution in [-0.2, 0) is 4.74 Å². The van der Waals surface area contributed by atoms with Gasteiger partial charge in [0, 0.05) is 31.6 Å². The summed E-state index contributed by atoms with van der Waals surface area (Å²) in [4.78, 5) is 16.8. The highest BCUT2D eigenvalue weighted by Gasteiger charge is 2.37. The Morgan fingerprint density at radius 3 is 2.68 bits per heavy atom. The van der Waals surface area contributed by atoms with Crippen molar-refractivity contribution in [2.24, 2.45) is 11.3 Å². The fourth-order valence-corrected chi connectivity index (χ4v) is 4.23. The number of likely N-dealkylation sites (tertiary alicyclic amines) is 2. The second-order valence-corrected chi connectivity index (χ2v) is 9.26. The third kappa shape index (κ3) is 6.45. The smallest absolute Gasteiger partial charge is 0.410 e. The van der Waals surface area contributed by atoms with E-state index in [1.807, 2.05) is 25.7 Å². The van der Waals surface area contributed by atoms with Gasteiger partial charge in [-0.15, -0.1) is 0 Å². The van der Waals surface area contributed by atoms with Gasteiger partial charge in [0.15, 0.2) is 0 Å². The lowest BCUT2D eigenvalue weighted by molar-refractivity contribution is 0.00314. The summed E-state index contributed by atoms with van der Waals surface area (Å²) in [5.74, 6) is 0.762. The van der Waals surface area contributed by atoms with Crippen molar-refractivity contribution >= 4 is 6.09 Å². The van der Waals surface area contributed by atoms with Crippen molar-refractivity contribution in [1.29, 1.82) is 0 Å². The zero-order chi connectivity index (χ0) is 18.5. The molecule has 25 heavy (non-hydrogen) atoms. The van der Waals surface area contributed by atoms with Crippen LogP contribution in [0, 0.1) is 11.3 Å². The van der Waals surface area contributed by atoms with Crippen LogP contribution in [-0.4, -0.2) is 67.8 Å². The Bertz CT molecular complexity index is 435. The Kier molecular flexibility index (Phi) is 7.15. The molecule has 0 spiro atoms. The number of nitrogens with one attached hydrogen (secondary N) is 1. The molecule has 2 fully saturated rings. The van der Waals surface area contributed by atoms with Crippen LogP contribution in [0.1, 0.15) is 59.8 Å². The maximum atomic E-state index is 12.5. The van der Waals surface area contributed by atoms with E-state index >= 15 is 0 Å². The molecule has 2 unspecified atom stereocenters. The molecule has 1 amide bonds. The van der Waals surface area contributed by atoms with Gasteiger partial charge in [-0.3, -0.25) is 0 Å². The fraction of sp³-hybridized carbons (Fsp3) is 0.950. The van der Waals surface area contributed by atoms with Gasteiger partial charge < -0.3 is 19.9 Å².